The molecule has 2 rings (SSSR count). The highest BCUT2D eigenvalue weighted by Gasteiger charge is 2.62. The fraction of sp³-hybridized carbons (Fsp3) is 0.929. The molecule has 5 heteroatoms. The zero-order chi connectivity index (χ0) is 14.3. The minimum absolute atomic E-state index is 0.435. The number of aliphatic hydroxyl groups is 1. The molecule has 0 heterocycles. The predicted octanol–water partition coefficient (Wildman–Crippen LogP) is 2.03. The highest BCUT2D eigenvalue weighted by molar-refractivity contribution is 7.91. The zero-order valence-corrected chi connectivity index (χ0v) is 12.5. The standard InChI is InChI=1S/C14H23NO3S/c1-3-11-6-8-13(9-11,10-15)14(16)7-4-5-12(14)19(2,17)18/h11-12,16H,3-9H2,1-2H3. The minimum atomic E-state index is -3.32. The van der Waals surface area contributed by atoms with Crippen LogP contribution < -0.4 is 0 Å². The second kappa shape index (κ2) is 4.75. The quantitative estimate of drug-likeness (QED) is 0.860. The smallest absolute Gasteiger partial charge is 0.153 e. The molecule has 4 nitrogen and oxygen atoms in total. The van der Waals surface area contributed by atoms with Crippen LogP contribution in [0.2, 0.25) is 0 Å². The molecule has 2 aliphatic carbocycles. The Morgan fingerprint density at radius 1 is 1.37 bits per heavy atom. The van der Waals surface area contributed by atoms with Crippen molar-refractivity contribution < 1.29 is 13.5 Å². The molecule has 0 aromatic carbocycles. The zero-order valence-electron chi connectivity index (χ0n) is 11.7. The van der Waals surface area contributed by atoms with Crippen LogP contribution in [-0.4, -0.2) is 30.6 Å². The Bertz CT molecular complexity index is 495. The van der Waals surface area contributed by atoms with Gasteiger partial charge in [-0.15, -0.1) is 0 Å². The lowest BCUT2D eigenvalue weighted by atomic mass is 9.69. The molecular weight excluding hydrogens is 262 g/mol. The second-order valence-corrected chi connectivity index (χ2v) is 8.57. The summed E-state index contributed by atoms with van der Waals surface area (Å²) in [6.07, 6.45) is 5.98. The molecule has 0 aromatic rings. The molecule has 0 radical (unpaired) electrons. The topological polar surface area (TPSA) is 78.2 Å². The van der Waals surface area contributed by atoms with Crippen LogP contribution in [0.3, 0.4) is 0 Å². The molecule has 0 aromatic heterocycles. The highest BCUT2D eigenvalue weighted by Crippen LogP contribution is 2.56. The molecule has 0 bridgehead atoms. The molecule has 108 valence electrons. The van der Waals surface area contributed by atoms with Gasteiger partial charge in [-0.3, -0.25) is 0 Å². The average Bonchev–Trinajstić information content (AvgIpc) is 2.93. The third-order valence-electron chi connectivity index (χ3n) is 5.31. The van der Waals surface area contributed by atoms with E-state index in [0.29, 0.717) is 38.0 Å². The van der Waals surface area contributed by atoms with E-state index in [-0.39, 0.29) is 0 Å². The first-order valence-electron chi connectivity index (χ1n) is 7.11. The molecule has 19 heavy (non-hydrogen) atoms. The third-order valence-corrected chi connectivity index (χ3v) is 6.97. The van der Waals surface area contributed by atoms with E-state index in [1.54, 1.807) is 0 Å². The summed E-state index contributed by atoms with van der Waals surface area (Å²) >= 11 is 0. The van der Waals surface area contributed by atoms with Gasteiger partial charge in [-0.2, -0.15) is 5.26 Å². The third kappa shape index (κ3) is 2.19. The lowest BCUT2D eigenvalue weighted by Crippen LogP contribution is -2.54. The maximum Gasteiger partial charge on any atom is 0.153 e. The fourth-order valence-electron chi connectivity index (χ4n) is 4.16. The summed E-state index contributed by atoms with van der Waals surface area (Å²) in [6, 6.07) is 2.31. The Labute approximate surface area is 115 Å². The van der Waals surface area contributed by atoms with Crippen LogP contribution in [-0.2, 0) is 9.84 Å². The van der Waals surface area contributed by atoms with Crippen molar-refractivity contribution in [1.29, 1.82) is 5.26 Å². The maximum atomic E-state index is 11.9. The Balaban J connectivity index is 2.40. The lowest BCUT2D eigenvalue weighted by molar-refractivity contribution is -0.0455. The van der Waals surface area contributed by atoms with E-state index >= 15 is 0 Å². The maximum absolute atomic E-state index is 11.9. The average molecular weight is 285 g/mol. The van der Waals surface area contributed by atoms with E-state index in [2.05, 4.69) is 13.0 Å². The molecule has 1 N–H and O–H groups in total. The monoisotopic (exact) mass is 285 g/mol. The molecule has 2 fully saturated rings. The van der Waals surface area contributed by atoms with Gasteiger partial charge < -0.3 is 5.11 Å². The number of sulfone groups is 1. The van der Waals surface area contributed by atoms with Gasteiger partial charge in [-0.05, 0) is 44.4 Å². The normalized spacial score (nSPS) is 43.3. The van der Waals surface area contributed by atoms with E-state index in [0.717, 1.165) is 12.8 Å². The molecule has 0 spiro atoms. The largest absolute Gasteiger partial charge is 0.387 e. The van der Waals surface area contributed by atoms with Crippen molar-refractivity contribution >= 4 is 9.84 Å². The summed E-state index contributed by atoms with van der Waals surface area (Å²) in [5.41, 5.74) is -2.21. The van der Waals surface area contributed by atoms with E-state index in [1.165, 1.54) is 6.26 Å². The SMILES string of the molecule is CCC1CCC(C#N)(C2(O)CCCC2S(C)(=O)=O)C1. The number of hydrogen-bond donors (Lipinski definition) is 1. The van der Waals surface area contributed by atoms with Crippen LogP contribution in [0, 0.1) is 22.7 Å². The van der Waals surface area contributed by atoms with Crippen molar-refractivity contribution in [3.05, 3.63) is 0 Å². The van der Waals surface area contributed by atoms with Crippen LogP contribution in [0.5, 0.6) is 0 Å². The van der Waals surface area contributed by atoms with Gasteiger partial charge in [0.1, 0.15) is 0 Å². The first-order chi connectivity index (χ1) is 8.79. The van der Waals surface area contributed by atoms with Gasteiger partial charge in [0.05, 0.1) is 22.3 Å². The van der Waals surface area contributed by atoms with Gasteiger partial charge in [-0.25, -0.2) is 8.42 Å². The van der Waals surface area contributed by atoms with Gasteiger partial charge in [-0.1, -0.05) is 13.3 Å². The lowest BCUT2D eigenvalue weighted by Gasteiger charge is -2.41. The van der Waals surface area contributed by atoms with Crippen LogP contribution in [0.1, 0.15) is 51.9 Å². The fourth-order valence-corrected chi connectivity index (χ4v) is 5.81. The first kappa shape index (κ1) is 14.8. The van der Waals surface area contributed by atoms with Gasteiger partial charge >= 0.3 is 0 Å². The molecule has 2 saturated carbocycles. The van der Waals surface area contributed by atoms with Crippen LogP contribution in [0.15, 0.2) is 0 Å². The Morgan fingerprint density at radius 3 is 2.53 bits per heavy atom. The molecule has 0 amide bonds. The van der Waals surface area contributed by atoms with Gasteiger partial charge in [0.25, 0.3) is 0 Å². The summed E-state index contributed by atoms with van der Waals surface area (Å²) in [5, 5.41) is 19.9. The predicted molar refractivity (Wildman–Crippen MR) is 73.1 cm³/mol. The summed E-state index contributed by atoms with van der Waals surface area (Å²) in [6.45, 7) is 2.09. The van der Waals surface area contributed by atoms with Crippen molar-refractivity contribution in [2.24, 2.45) is 11.3 Å². The summed E-state index contributed by atoms with van der Waals surface area (Å²) in [5.74, 6) is 0.435. The number of nitrogens with zero attached hydrogens (tertiary/aromatic N) is 1. The summed E-state index contributed by atoms with van der Waals surface area (Å²) < 4.78 is 23.9. The van der Waals surface area contributed by atoms with Crippen molar-refractivity contribution in [1.82, 2.24) is 0 Å². The Kier molecular flexibility index (Phi) is 3.70. The molecule has 4 atom stereocenters. The van der Waals surface area contributed by atoms with E-state index in [1.807, 2.05) is 0 Å². The van der Waals surface area contributed by atoms with Crippen molar-refractivity contribution in [3.63, 3.8) is 0 Å². The molecule has 0 saturated heterocycles. The summed E-state index contributed by atoms with van der Waals surface area (Å²) in [4.78, 5) is 0. The Morgan fingerprint density at radius 2 is 2.05 bits per heavy atom. The Hall–Kier alpha value is -0.600. The van der Waals surface area contributed by atoms with Crippen LogP contribution in [0.25, 0.3) is 0 Å². The van der Waals surface area contributed by atoms with Crippen LogP contribution in [0.4, 0.5) is 0 Å². The van der Waals surface area contributed by atoms with Gasteiger partial charge in [0.15, 0.2) is 9.84 Å². The van der Waals surface area contributed by atoms with E-state index in [4.69, 9.17) is 0 Å². The summed E-state index contributed by atoms with van der Waals surface area (Å²) in [7, 11) is -3.32. The number of nitriles is 1. The molecule has 2 aliphatic rings. The second-order valence-electron chi connectivity index (χ2n) is 6.35. The van der Waals surface area contributed by atoms with Gasteiger partial charge in [0, 0.05) is 6.26 Å². The van der Waals surface area contributed by atoms with E-state index in [9.17, 15) is 18.8 Å². The number of rotatable bonds is 3. The molecular formula is C14H23NO3S. The molecule has 4 unspecified atom stereocenters. The highest BCUT2D eigenvalue weighted by atomic mass is 32.2. The first-order valence-corrected chi connectivity index (χ1v) is 9.07. The number of hydrogen-bond acceptors (Lipinski definition) is 4. The minimum Gasteiger partial charge on any atom is -0.387 e. The van der Waals surface area contributed by atoms with E-state index < -0.39 is 26.1 Å². The van der Waals surface area contributed by atoms with Crippen LogP contribution >= 0.6 is 0 Å². The van der Waals surface area contributed by atoms with Gasteiger partial charge in [0.2, 0.25) is 0 Å². The van der Waals surface area contributed by atoms with Crippen molar-refractivity contribution in [2.75, 3.05) is 6.26 Å². The van der Waals surface area contributed by atoms with Crippen molar-refractivity contribution in [3.8, 4) is 6.07 Å². The molecule has 0 aliphatic heterocycles. The van der Waals surface area contributed by atoms with Crippen molar-refractivity contribution in [2.45, 2.75) is 62.7 Å².